The number of rotatable bonds is 9. The van der Waals surface area contributed by atoms with Gasteiger partial charge in [-0.15, -0.1) is 0 Å². The number of thiazole rings is 1. The number of aromatic nitrogens is 4. The molecular weight excluding hydrogens is 514 g/mol. The Bertz CT molecular complexity index is 1390. The second kappa shape index (κ2) is 12.2. The van der Waals surface area contributed by atoms with Gasteiger partial charge in [0.2, 0.25) is 0 Å². The van der Waals surface area contributed by atoms with Crippen molar-refractivity contribution in [3.8, 4) is 10.4 Å². The molecule has 0 atom stereocenters. The number of anilines is 5. The molecule has 0 unspecified atom stereocenters. The second-order valence-corrected chi connectivity index (χ2v) is 10.4. The van der Waals surface area contributed by atoms with Crippen LogP contribution >= 0.6 is 11.3 Å². The molecule has 4 aromatic rings. The highest BCUT2D eigenvalue weighted by molar-refractivity contribution is 7.18. The molecule has 0 saturated carbocycles. The Kier molecular flexibility index (Phi) is 8.33. The first-order valence-electron chi connectivity index (χ1n) is 13.2. The number of piperazine rings is 1. The minimum atomic E-state index is -0.384. The van der Waals surface area contributed by atoms with Crippen LogP contribution in [-0.4, -0.2) is 63.8 Å². The topological polar surface area (TPSA) is 124 Å². The van der Waals surface area contributed by atoms with E-state index < -0.39 is 0 Å². The van der Waals surface area contributed by atoms with Gasteiger partial charge in [-0.2, -0.15) is 0 Å². The van der Waals surface area contributed by atoms with Crippen LogP contribution in [0.25, 0.3) is 10.4 Å². The van der Waals surface area contributed by atoms with Gasteiger partial charge in [0, 0.05) is 56.6 Å². The van der Waals surface area contributed by atoms with E-state index in [0.29, 0.717) is 23.7 Å². The van der Waals surface area contributed by atoms with Gasteiger partial charge in [-0.25, -0.2) is 19.7 Å². The lowest BCUT2D eigenvalue weighted by Gasteiger charge is -2.35. The Morgan fingerprint density at radius 1 is 1.03 bits per heavy atom. The number of benzene rings is 1. The summed E-state index contributed by atoms with van der Waals surface area (Å²) >= 11 is 1.54. The molecule has 0 bridgehead atoms. The van der Waals surface area contributed by atoms with Gasteiger partial charge in [0.05, 0.1) is 4.88 Å². The molecule has 1 saturated heterocycles. The van der Waals surface area contributed by atoms with Crippen LogP contribution in [0.5, 0.6) is 0 Å². The van der Waals surface area contributed by atoms with E-state index in [0.717, 1.165) is 65.8 Å². The van der Waals surface area contributed by atoms with E-state index in [1.807, 2.05) is 50.4 Å². The van der Waals surface area contributed by atoms with Gasteiger partial charge in [-0.05, 0) is 37.6 Å². The van der Waals surface area contributed by atoms with E-state index in [9.17, 15) is 4.79 Å². The Morgan fingerprint density at radius 3 is 2.54 bits per heavy atom. The maximum atomic E-state index is 12.3. The molecule has 39 heavy (non-hydrogen) atoms. The summed E-state index contributed by atoms with van der Waals surface area (Å²) in [6, 6.07) is 10.9. The van der Waals surface area contributed by atoms with Gasteiger partial charge < -0.3 is 20.1 Å². The Labute approximate surface area is 231 Å². The number of carbonyl (C=O) groups excluding carboxylic acids is 1. The van der Waals surface area contributed by atoms with Gasteiger partial charge in [-0.1, -0.05) is 42.5 Å². The summed E-state index contributed by atoms with van der Waals surface area (Å²) in [6.45, 7) is 11.3. The van der Waals surface area contributed by atoms with Crippen LogP contribution in [0.3, 0.4) is 0 Å². The predicted octanol–water partition coefficient (Wildman–Crippen LogP) is 5.38. The number of hydrogen-bond donors (Lipinski definition) is 3. The van der Waals surface area contributed by atoms with E-state index in [2.05, 4.69) is 52.8 Å². The standard InChI is InChI=1S/C27H33N9O2S/c1-4-10-35-11-13-36(14-12-35)25-16-23(29-18(3)30-25)33-27-28-17-22(39-27)19-6-8-20(9-7-19)31-26(37)32-24-15-21(5-2)38-34-24/h6-9,15-17H,4-5,10-14H2,1-3H3,(H,28,29,30,33)(H2,31,32,34,37). The molecule has 12 heteroatoms. The van der Waals surface area contributed by atoms with Crippen molar-refractivity contribution in [2.45, 2.75) is 33.6 Å². The molecule has 1 aliphatic rings. The van der Waals surface area contributed by atoms with E-state index >= 15 is 0 Å². The lowest BCUT2D eigenvalue weighted by molar-refractivity contribution is 0.258. The van der Waals surface area contributed by atoms with Gasteiger partial charge in [0.1, 0.15) is 23.2 Å². The summed E-state index contributed by atoms with van der Waals surface area (Å²) in [5.74, 6) is 3.50. The van der Waals surface area contributed by atoms with Crippen LogP contribution in [0.1, 0.15) is 31.9 Å². The minimum Gasteiger partial charge on any atom is -0.359 e. The molecule has 0 radical (unpaired) electrons. The molecule has 5 rings (SSSR count). The molecule has 3 N–H and O–H groups in total. The lowest BCUT2D eigenvalue weighted by atomic mass is 10.2. The molecule has 11 nitrogen and oxygen atoms in total. The van der Waals surface area contributed by atoms with Crippen molar-refractivity contribution in [2.24, 2.45) is 0 Å². The smallest absolute Gasteiger partial charge is 0.324 e. The van der Waals surface area contributed by atoms with Crippen molar-refractivity contribution in [3.63, 3.8) is 0 Å². The zero-order valence-corrected chi connectivity index (χ0v) is 23.2. The summed E-state index contributed by atoms with van der Waals surface area (Å²) in [5, 5.41) is 13.4. The predicted molar refractivity (Wildman–Crippen MR) is 155 cm³/mol. The number of hydrogen-bond acceptors (Lipinski definition) is 10. The molecule has 1 aliphatic heterocycles. The molecule has 0 spiro atoms. The number of amides is 2. The molecule has 4 heterocycles. The zero-order valence-electron chi connectivity index (χ0n) is 22.4. The van der Waals surface area contributed by atoms with Crippen LogP contribution in [0, 0.1) is 6.92 Å². The summed E-state index contributed by atoms with van der Waals surface area (Å²) in [6.07, 6.45) is 3.72. The maximum Gasteiger partial charge on any atom is 0.324 e. The molecule has 1 fully saturated rings. The number of nitrogens with zero attached hydrogens (tertiary/aromatic N) is 6. The largest absolute Gasteiger partial charge is 0.359 e. The SMILES string of the molecule is CCCN1CCN(c2cc(Nc3ncc(-c4ccc(NC(=O)Nc5cc(CC)on5)cc4)s3)nc(C)n2)CC1. The fourth-order valence-electron chi connectivity index (χ4n) is 4.40. The number of nitrogens with one attached hydrogen (secondary N) is 3. The van der Waals surface area contributed by atoms with Crippen molar-refractivity contribution in [1.82, 2.24) is 25.0 Å². The van der Waals surface area contributed by atoms with Crippen molar-refractivity contribution in [1.29, 1.82) is 0 Å². The van der Waals surface area contributed by atoms with Crippen molar-refractivity contribution in [2.75, 3.05) is 53.6 Å². The molecule has 3 aromatic heterocycles. The third kappa shape index (κ3) is 6.89. The van der Waals surface area contributed by atoms with Crippen LogP contribution in [0.2, 0.25) is 0 Å². The summed E-state index contributed by atoms with van der Waals surface area (Å²) < 4.78 is 5.11. The van der Waals surface area contributed by atoms with Gasteiger partial charge in [-0.3, -0.25) is 10.2 Å². The maximum absolute atomic E-state index is 12.3. The van der Waals surface area contributed by atoms with E-state index in [1.165, 1.54) is 17.8 Å². The van der Waals surface area contributed by atoms with Crippen LogP contribution in [0.4, 0.5) is 33.1 Å². The molecule has 1 aromatic carbocycles. The highest BCUT2D eigenvalue weighted by atomic mass is 32.1. The third-order valence-electron chi connectivity index (χ3n) is 6.38. The molecule has 2 amide bonds. The minimum absolute atomic E-state index is 0.381. The lowest BCUT2D eigenvalue weighted by Crippen LogP contribution is -2.46. The van der Waals surface area contributed by atoms with E-state index in [-0.39, 0.29) is 6.03 Å². The third-order valence-corrected chi connectivity index (χ3v) is 7.34. The summed E-state index contributed by atoms with van der Waals surface area (Å²) in [5.41, 5.74) is 1.66. The Morgan fingerprint density at radius 2 is 1.82 bits per heavy atom. The number of aryl methyl sites for hydroxylation is 2. The fraction of sp³-hybridized carbons (Fsp3) is 0.370. The van der Waals surface area contributed by atoms with Gasteiger partial charge in [0.25, 0.3) is 0 Å². The van der Waals surface area contributed by atoms with E-state index in [4.69, 9.17) is 4.52 Å². The fourth-order valence-corrected chi connectivity index (χ4v) is 5.23. The van der Waals surface area contributed by atoms with Crippen LogP contribution < -0.4 is 20.9 Å². The summed E-state index contributed by atoms with van der Waals surface area (Å²) in [4.78, 5) is 31.9. The van der Waals surface area contributed by atoms with Gasteiger partial charge >= 0.3 is 6.03 Å². The first-order chi connectivity index (χ1) is 19.0. The van der Waals surface area contributed by atoms with Crippen LogP contribution in [-0.2, 0) is 6.42 Å². The van der Waals surface area contributed by atoms with Crippen molar-refractivity contribution < 1.29 is 9.32 Å². The molecule has 204 valence electrons. The molecule has 0 aliphatic carbocycles. The quantitative estimate of drug-likeness (QED) is 0.253. The first-order valence-corrected chi connectivity index (χ1v) is 14.0. The normalized spacial score (nSPS) is 13.9. The van der Waals surface area contributed by atoms with E-state index in [1.54, 1.807) is 6.07 Å². The number of carbonyl (C=O) groups is 1. The molecular formula is C27H33N9O2S. The average molecular weight is 548 g/mol. The Balaban J connectivity index is 1.19. The number of urea groups is 1. The zero-order chi connectivity index (χ0) is 27.2. The van der Waals surface area contributed by atoms with Gasteiger partial charge in [0.15, 0.2) is 10.9 Å². The summed E-state index contributed by atoms with van der Waals surface area (Å²) in [7, 11) is 0. The van der Waals surface area contributed by atoms with Crippen molar-refractivity contribution >= 4 is 45.6 Å². The highest BCUT2D eigenvalue weighted by Gasteiger charge is 2.19. The van der Waals surface area contributed by atoms with Crippen LogP contribution in [0.15, 0.2) is 47.1 Å². The average Bonchev–Trinajstić information content (AvgIpc) is 3.59. The van der Waals surface area contributed by atoms with Crippen molar-refractivity contribution in [3.05, 3.63) is 54.2 Å². The first kappa shape index (κ1) is 26.6. The second-order valence-electron chi connectivity index (χ2n) is 9.33. The highest BCUT2D eigenvalue weighted by Crippen LogP contribution is 2.31. The Hall–Kier alpha value is -4.03. The monoisotopic (exact) mass is 547 g/mol.